The van der Waals surface area contributed by atoms with Crippen molar-refractivity contribution >= 4 is 120 Å². The van der Waals surface area contributed by atoms with Crippen molar-refractivity contribution in [3.8, 4) is 33.9 Å². The molecule has 10 aromatic carbocycles. The zero-order valence-electron chi connectivity index (χ0n) is 38.6. The molecule has 16 rings (SSSR count). The minimum Gasteiger partial charge on any atom is -0.309 e. The maximum atomic E-state index is 5.33. The highest BCUT2D eigenvalue weighted by molar-refractivity contribution is 6.29. The molecule has 0 unspecified atom stereocenters. The smallest absolute Gasteiger partial charge is 0.0972 e. The molecule has 0 aliphatic carbocycles. The molecular weight excluding hydrogens is 877 g/mol. The van der Waals surface area contributed by atoms with Gasteiger partial charge in [-0.15, -0.1) is 0 Å². The lowest BCUT2D eigenvalue weighted by molar-refractivity contribution is 1.17. The summed E-state index contributed by atoms with van der Waals surface area (Å²) in [5.41, 5.74) is 14.4. The Balaban J connectivity index is 0.970. The molecule has 6 heteroatoms. The molecule has 6 aromatic heterocycles. The molecule has 0 bridgehead atoms. The molecule has 0 aliphatic heterocycles. The quantitative estimate of drug-likeness (QED) is 0.165. The molecule has 6 heterocycles. The zero-order valence-corrected chi connectivity index (χ0v) is 38.6. The van der Waals surface area contributed by atoms with Gasteiger partial charge in [-0.25, -0.2) is 9.97 Å². The van der Waals surface area contributed by atoms with E-state index in [9.17, 15) is 0 Å². The van der Waals surface area contributed by atoms with Crippen molar-refractivity contribution in [3.05, 3.63) is 231 Å². The van der Waals surface area contributed by atoms with Gasteiger partial charge in [0.25, 0.3) is 0 Å². The van der Waals surface area contributed by atoms with E-state index < -0.39 is 0 Å². The fourth-order valence-electron chi connectivity index (χ4n) is 11.8. The molecule has 16 aromatic rings. The van der Waals surface area contributed by atoms with Crippen molar-refractivity contribution < 1.29 is 0 Å². The van der Waals surface area contributed by atoms with Gasteiger partial charge in [0, 0.05) is 78.0 Å². The van der Waals surface area contributed by atoms with Crippen LogP contribution in [0.25, 0.3) is 153 Å². The van der Waals surface area contributed by atoms with Crippen LogP contribution in [0.5, 0.6) is 0 Å². The van der Waals surface area contributed by atoms with Crippen molar-refractivity contribution in [2.24, 2.45) is 0 Å². The molecule has 6 nitrogen and oxygen atoms in total. The van der Waals surface area contributed by atoms with Crippen LogP contribution in [0.3, 0.4) is 0 Å². The first-order valence-corrected chi connectivity index (χ1v) is 24.4. The number of pyridine rings is 4. The summed E-state index contributed by atoms with van der Waals surface area (Å²) in [6.07, 6.45) is 3.70. The van der Waals surface area contributed by atoms with E-state index >= 15 is 0 Å². The summed E-state index contributed by atoms with van der Waals surface area (Å²) in [5.74, 6) is 0. The first kappa shape index (κ1) is 39.1. The predicted octanol–water partition coefficient (Wildman–Crippen LogP) is 16.9. The van der Waals surface area contributed by atoms with Gasteiger partial charge in [-0.1, -0.05) is 133 Å². The van der Waals surface area contributed by atoms with Gasteiger partial charge >= 0.3 is 0 Å². The van der Waals surface area contributed by atoms with Gasteiger partial charge in [0.05, 0.1) is 55.5 Å². The summed E-state index contributed by atoms with van der Waals surface area (Å²) >= 11 is 0. The Bertz CT molecular complexity index is 4990. The third-order valence-electron chi connectivity index (χ3n) is 15.1. The van der Waals surface area contributed by atoms with E-state index in [2.05, 4.69) is 215 Å². The monoisotopic (exact) mass is 914 g/mol. The third-order valence-corrected chi connectivity index (χ3v) is 15.1. The first-order valence-electron chi connectivity index (χ1n) is 24.4. The third kappa shape index (κ3) is 5.66. The Morgan fingerprint density at radius 3 is 1.43 bits per heavy atom. The van der Waals surface area contributed by atoms with Crippen molar-refractivity contribution in [1.82, 2.24) is 29.1 Å². The molecule has 72 heavy (non-hydrogen) atoms. The lowest BCUT2D eigenvalue weighted by Crippen LogP contribution is -1.96. The summed E-state index contributed by atoms with van der Waals surface area (Å²) in [7, 11) is 0. The van der Waals surface area contributed by atoms with Gasteiger partial charge < -0.3 is 9.13 Å². The van der Waals surface area contributed by atoms with Crippen molar-refractivity contribution in [3.63, 3.8) is 0 Å². The maximum Gasteiger partial charge on any atom is 0.0972 e. The Morgan fingerprint density at radius 1 is 0.250 bits per heavy atom. The second-order valence-corrected chi connectivity index (χ2v) is 19.0. The minimum atomic E-state index is 0.904. The number of benzene rings is 10. The Labute approximate surface area is 411 Å². The molecular formula is C66H38N6. The Morgan fingerprint density at radius 2 is 0.736 bits per heavy atom. The number of para-hydroxylation sites is 2. The molecule has 332 valence electrons. The van der Waals surface area contributed by atoms with Crippen molar-refractivity contribution in [2.45, 2.75) is 0 Å². The van der Waals surface area contributed by atoms with E-state index in [1.807, 2.05) is 24.5 Å². The van der Waals surface area contributed by atoms with Crippen LogP contribution < -0.4 is 0 Å². The van der Waals surface area contributed by atoms with Crippen LogP contribution in [0.4, 0.5) is 0 Å². The van der Waals surface area contributed by atoms with Crippen LogP contribution in [0.1, 0.15) is 0 Å². The average molecular weight is 915 g/mol. The Hall–Kier alpha value is -9.78. The fraction of sp³-hybridized carbons (Fsp3) is 0. The van der Waals surface area contributed by atoms with E-state index in [1.165, 1.54) is 59.4 Å². The normalized spacial score (nSPS) is 12.2. The molecule has 0 amide bonds. The highest BCUT2D eigenvalue weighted by atomic mass is 15.0. The zero-order chi connectivity index (χ0) is 47.0. The standard InChI is InChI=1S/C66H38N6/c1-2-12-45(13-3-1)71-59-17-7-6-16-50(59)55-36-46(26-31-60(55)71)72-61-35-44(58-30-25-42-21-19-40-11-9-33-68-64(40)66(42)70-58)23-28-51(61)56-37-53-48-15-5-4-14-47(48)52-34-43(22-27-49(52)54(53)38-62(56)72)57-29-24-41-20-18-39-10-8-32-67-63(39)65(41)69-57/h1-38H. The van der Waals surface area contributed by atoms with Gasteiger partial charge in [0.15, 0.2) is 0 Å². The highest BCUT2D eigenvalue weighted by Gasteiger charge is 2.21. The van der Waals surface area contributed by atoms with Crippen LogP contribution in [0.15, 0.2) is 231 Å². The summed E-state index contributed by atoms with van der Waals surface area (Å²) in [4.78, 5) is 20.1. The maximum absolute atomic E-state index is 5.33. The van der Waals surface area contributed by atoms with Gasteiger partial charge in [-0.05, 0) is 117 Å². The average Bonchev–Trinajstić information content (AvgIpc) is 3.96. The first-order chi connectivity index (χ1) is 35.7. The molecule has 0 N–H and O–H groups in total. The van der Waals surface area contributed by atoms with Crippen LogP contribution in [-0.2, 0) is 0 Å². The summed E-state index contributed by atoms with van der Waals surface area (Å²) in [6, 6.07) is 79.2. The second-order valence-electron chi connectivity index (χ2n) is 19.0. The van der Waals surface area contributed by atoms with E-state index in [1.54, 1.807) is 0 Å². The summed E-state index contributed by atoms with van der Waals surface area (Å²) < 4.78 is 4.86. The van der Waals surface area contributed by atoms with Crippen LogP contribution in [-0.4, -0.2) is 29.1 Å². The van der Waals surface area contributed by atoms with Gasteiger partial charge in [0.2, 0.25) is 0 Å². The van der Waals surface area contributed by atoms with Crippen LogP contribution in [0.2, 0.25) is 0 Å². The van der Waals surface area contributed by atoms with Gasteiger partial charge in [-0.3, -0.25) is 9.97 Å². The fourth-order valence-corrected chi connectivity index (χ4v) is 11.8. The second kappa shape index (κ2) is 14.9. The number of aromatic nitrogens is 6. The van der Waals surface area contributed by atoms with Gasteiger partial charge in [-0.2, -0.15) is 0 Å². The number of rotatable bonds is 4. The number of hydrogen-bond acceptors (Lipinski definition) is 4. The predicted molar refractivity (Wildman–Crippen MR) is 300 cm³/mol. The summed E-state index contributed by atoms with van der Waals surface area (Å²) in [5, 5.41) is 16.3. The topological polar surface area (TPSA) is 61.4 Å². The number of hydrogen-bond donors (Lipinski definition) is 0. The van der Waals surface area contributed by atoms with E-state index in [0.717, 1.165) is 94.1 Å². The molecule has 0 fully saturated rings. The molecule has 0 radical (unpaired) electrons. The van der Waals surface area contributed by atoms with E-state index in [0.29, 0.717) is 0 Å². The Kier molecular flexibility index (Phi) is 8.07. The van der Waals surface area contributed by atoms with E-state index in [4.69, 9.17) is 19.9 Å². The lowest BCUT2D eigenvalue weighted by atomic mass is 9.91. The number of fused-ring (bicyclic) bond motifs is 18. The molecule has 0 saturated heterocycles. The number of nitrogens with zero attached hydrogens (tertiary/aromatic N) is 6. The molecule has 0 atom stereocenters. The SMILES string of the molecule is c1ccc(-n2c3ccccc3c3cc(-n4c5cc(-c6ccc7ccc8cccnc8c7n6)ccc5c5cc6c7ccccc7c7cc(-c8ccc9ccc%10cccnc%10c9n8)ccc7c6cc54)ccc32)cc1. The molecule has 0 aliphatic rings. The largest absolute Gasteiger partial charge is 0.309 e. The van der Waals surface area contributed by atoms with Crippen LogP contribution in [0, 0.1) is 0 Å². The van der Waals surface area contributed by atoms with Crippen molar-refractivity contribution in [2.75, 3.05) is 0 Å². The van der Waals surface area contributed by atoms with Crippen LogP contribution >= 0.6 is 0 Å². The van der Waals surface area contributed by atoms with E-state index in [-0.39, 0.29) is 0 Å². The van der Waals surface area contributed by atoms with Gasteiger partial charge in [0.1, 0.15) is 0 Å². The minimum absolute atomic E-state index is 0.904. The summed E-state index contributed by atoms with van der Waals surface area (Å²) in [6.45, 7) is 0. The van der Waals surface area contributed by atoms with Crippen molar-refractivity contribution in [1.29, 1.82) is 0 Å². The lowest BCUT2D eigenvalue weighted by Gasteiger charge is -2.14. The highest BCUT2D eigenvalue weighted by Crippen LogP contribution is 2.44. The molecule has 0 saturated carbocycles. The molecule has 0 spiro atoms.